The fourth-order valence-corrected chi connectivity index (χ4v) is 3.57. The number of methoxy groups -OCH3 is 1. The number of benzene rings is 1. The van der Waals surface area contributed by atoms with E-state index in [9.17, 15) is 0 Å². The number of rotatable bonds is 7. The molecule has 0 saturated carbocycles. The average Bonchev–Trinajstić information content (AvgIpc) is 2.33. The molecule has 0 fully saturated rings. The molecule has 1 aromatic rings. The van der Waals surface area contributed by atoms with Crippen LogP contribution < -0.4 is 10.1 Å². The maximum absolute atomic E-state index is 9.07. The number of hydrogen-bond acceptors (Lipinski definition) is 3. The van der Waals surface area contributed by atoms with Crippen LogP contribution in [0.4, 0.5) is 0 Å². The highest BCUT2D eigenvalue weighted by Crippen LogP contribution is 2.34. The summed E-state index contributed by atoms with van der Waals surface area (Å²) in [6.07, 6.45) is 0.774. The van der Waals surface area contributed by atoms with Gasteiger partial charge in [0.15, 0.2) is 0 Å². The Bertz CT molecular complexity index is 387. The highest BCUT2D eigenvalue weighted by Gasteiger charge is 2.13. The van der Waals surface area contributed by atoms with E-state index in [2.05, 4.69) is 51.0 Å². The quantitative estimate of drug-likeness (QED) is 0.740. The summed E-state index contributed by atoms with van der Waals surface area (Å²) in [5.41, 5.74) is 1.17. The molecule has 1 unspecified atom stereocenters. The Kier molecular flexibility index (Phi) is 7.36. The van der Waals surface area contributed by atoms with Crippen LogP contribution in [0.15, 0.2) is 21.1 Å². The summed E-state index contributed by atoms with van der Waals surface area (Å²) in [5, 5.41) is 12.6. The second-order valence-electron chi connectivity index (χ2n) is 4.84. The molecule has 2 N–H and O–H groups in total. The van der Waals surface area contributed by atoms with E-state index in [0.717, 1.165) is 27.7 Å². The van der Waals surface area contributed by atoms with Crippen molar-refractivity contribution in [3.05, 3.63) is 26.6 Å². The van der Waals surface area contributed by atoms with Gasteiger partial charge in [0.25, 0.3) is 0 Å². The van der Waals surface area contributed by atoms with E-state index in [1.54, 1.807) is 7.11 Å². The number of halogens is 2. The standard InChI is InChI=1S/C14H21Br2NO2/c1-9(2)13(4-5-18)17-8-10-6-11(15)14(19-3)12(16)7-10/h6-7,9,13,17-18H,4-5,8H2,1-3H3. The first-order chi connectivity index (χ1) is 8.99. The largest absolute Gasteiger partial charge is 0.494 e. The highest BCUT2D eigenvalue weighted by molar-refractivity contribution is 9.11. The molecule has 0 radical (unpaired) electrons. The van der Waals surface area contributed by atoms with Gasteiger partial charge < -0.3 is 15.2 Å². The second-order valence-corrected chi connectivity index (χ2v) is 6.55. The molecule has 3 nitrogen and oxygen atoms in total. The third-order valence-electron chi connectivity index (χ3n) is 3.08. The SMILES string of the molecule is COc1c(Br)cc(CNC(CCO)C(C)C)cc1Br. The van der Waals surface area contributed by atoms with Gasteiger partial charge in [-0.1, -0.05) is 13.8 Å². The van der Waals surface area contributed by atoms with E-state index >= 15 is 0 Å². The Balaban J connectivity index is 2.72. The molecule has 0 aliphatic carbocycles. The summed E-state index contributed by atoms with van der Waals surface area (Å²) in [5.74, 6) is 1.30. The van der Waals surface area contributed by atoms with Gasteiger partial charge in [0, 0.05) is 19.2 Å². The molecule has 0 aliphatic heterocycles. The third kappa shape index (κ3) is 5.06. The summed E-state index contributed by atoms with van der Waals surface area (Å²) in [7, 11) is 1.65. The van der Waals surface area contributed by atoms with Gasteiger partial charge in [-0.25, -0.2) is 0 Å². The average molecular weight is 395 g/mol. The van der Waals surface area contributed by atoms with E-state index in [1.807, 2.05) is 12.1 Å². The van der Waals surface area contributed by atoms with E-state index < -0.39 is 0 Å². The second kappa shape index (κ2) is 8.25. The predicted octanol–water partition coefficient (Wildman–Crippen LogP) is 3.72. The molecule has 5 heteroatoms. The molecule has 1 atom stereocenters. The summed E-state index contributed by atoms with van der Waals surface area (Å²) < 4.78 is 7.16. The van der Waals surface area contributed by atoms with Crippen LogP contribution in [-0.4, -0.2) is 24.9 Å². The van der Waals surface area contributed by atoms with Gasteiger partial charge in [0.1, 0.15) is 5.75 Å². The fourth-order valence-electron chi connectivity index (χ4n) is 1.97. The van der Waals surface area contributed by atoms with E-state index in [0.29, 0.717) is 12.0 Å². The molecule has 19 heavy (non-hydrogen) atoms. The highest BCUT2D eigenvalue weighted by atomic mass is 79.9. The monoisotopic (exact) mass is 393 g/mol. The van der Waals surface area contributed by atoms with Gasteiger partial charge in [0.2, 0.25) is 0 Å². The molecule has 0 amide bonds. The lowest BCUT2D eigenvalue weighted by atomic mass is 10.0. The van der Waals surface area contributed by atoms with Crippen molar-refractivity contribution >= 4 is 31.9 Å². The number of nitrogens with one attached hydrogen (secondary N) is 1. The Morgan fingerprint density at radius 1 is 1.26 bits per heavy atom. The van der Waals surface area contributed by atoms with Crippen molar-refractivity contribution in [2.24, 2.45) is 5.92 Å². The van der Waals surface area contributed by atoms with Gasteiger partial charge >= 0.3 is 0 Å². The molecular formula is C14H21Br2NO2. The lowest BCUT2D eigenvalue weighted by molar-refractivity contribution is 0.244. The van der Waals surface area contributed by atoms with Gasteiger partial charge in [-0.3, -0.25) is 0 Å². The summed E-state index contributed by atoms with van der Waals surface area (Å²) in [4.78, 5) is 0. The minimum Gasteiger partial charge on any atom is -0.494 e. The number of hydrogen-bond donors (Lipinski definition) is 2. The van der Waals surface area contributed by atoms with Crippen molar-refractivity contribution in [3.63, 3.8) is 0 Å². The van der Waals surface area contributed by atoms with Crippen molar-refractivity contribution in [3.8, 4) is 5.75 Å². The van der Waals surface area contributed by atoms with Gasteiger partial charge in [-0.2, -0.15) is 0 Å². The number of aliphatic hydroxyl groups is 1. The molecule has 0 bridgehead atoms. The Hall–Kier alpha value is -0.100. The summed E-state index contributed by atoms with van der Waals surface area (Å²) in [6.45, 7) is 5.30. The topological polar surface area (TPSA) is 41.5 Å². The molecule has 0 aromatic heterocycles. The normalized spacial score (nSPS) is 12.8. The van der Waals surface area contributed by atoms with Crippen molar-refractivity contribution in [2.75, 3.05) is 13.7 Å². The number of aliphatic hydroxyl groups excluding tert-OH is 1. The Labute approximate surface area is 132 Å². The zero-order valence-corrected chi connectivity index (χ0v) is 14.7. The van der Waals surface area contributed by atoms with Crippen LogP contribution >= 0.6 is 31.9 Å². The zero-order valence-electron chi connectivity index (χ0n) is 11.5. The molecule has 108 valence electrons. The first-order valence-electron chi connectivity index (χ1n) is 6.35. The van der Waals surface area contributed by atoms with Crippen LogP contribution in [0, 0.1) is 5.92 Å². The molecule has 0 saturated heterocycles. The third-order valence-corrected chi connectivity index (χ3v) is 4.25. The van der Waals surface area contributed by atoms with Crippen molar-refractivity contribution in [2.45, 2.75) is 32.9 Å². The van der Waals surface area contributed by atoms with Crippen molar-refractivity contribution in [1.29, 1.82) is 0 Å². The van der Waals surface area contributed by atoms with E-state index in [1.165, 1.54) is 5.56 Å². The maximum Gasteiger partial charge on any atom is 0.147 e. The molecular weight excluding hydrogens is 374 g/mol. The predicted molar refractivity (Wildman–Crippen MR) is 85.6 cm³/mol. The lowest BCUT2D eigenvalue weighted by Crippen LogP contribution is -2.34. The summed E-state index contributed by atoms with van der Waals surface area (Å²) in [6, 6.07) is 4.42. The minimum atomic E-state index is 0.214. The van der Waals surface area contributed by atoms with Crippen molar-refractivity contribution < 1.29 is 9.84 Å². The minimum absolute atomic E-state index is 0.214. The molecule has 0 aliphatic rings. The van der Waals surface area contributed by atoms with E-state index in [4.69, 9.17) is 9.84 Å². The van der Waals surface area contributed by atoms with Crippen LogP contribution in [0.1, 0.15) is 25.8 Å². The Morgan fingerprint density at radius 2 is 1.84 bits per heavy atom. The van der Waals surface area contributed by atoms with Crippen LogP contribution in [0.2, 0.25) is 0 Å². The molecule has 1 aromatic carbocycles. The molecule has 0 heterocycles. The van der Waals surface area contributed by atoms with E-state index in [-0.39, 0.29) is 6.61 Å². The van der Waals surface area contributed by atoms with Gasteiger partial charge in [-0.05, 0) is 61.9 Å². The number of ether oxygens (including phenoxy) is 1. The van der Waals surface area contributed by atoms with Crippen LogP contribution in [0.25, 0.3) is 0 Å². The first-order valence-corrected chi connectivity index (χ1v) is 7.94. The zero-order chi connectivity index (χ0) is 14.4. The first kappa shape index (κ1) is 17.0. The summed E-state index contributed by atoms with van der Waals surface area (Å²) >= 11 is 7.00. The van der Waals surface area contributed by atoms with Gasteiger partial charge in [-0.15, -0.1) is 0 Å². The van der Waals surface area contributed by atoms with Gasteiger partial charge in [0.05, 0.1) is 16.1 Å². The molecule has 0 spiro atoms. The Morgan fingerprint density at radius 3 is 2.26 bits per heavy atom. The fraction of sp³-hybridized carbons (Fsp3) is 0.571. The molecule has 1 rings (SSSR count). The van der Waals surface area contributed by atoms with Crippen LogP contribution in [0.3, 0.4) is 0 Å². The lowest BCUT2D eigenvalue weighted by Gasteiger charge is -2.22. The van der Waals surface area contributed by atoms with Crippen molar-refractivity contribution in [1.82, 2.24) is 5.32 Å². The van der Waals surface area contributed by atoms with Crippen LogP contribution in [0.5, 0.6) is 5.75 Å². The maximum atomic E-state index is 9.07. The smallest absolute Gasteiger partial charge is 0.147 e. The van der Waals surface area contributed by atoms with Crippen LogP contribution in [-0.2, 0) is 6.54 Å².